The number of carbonyl (C=O) groups excluding carboxylic acids is 2. The Morgan fingerprint density at radius 2 is 1.74 bits per heavy atom. The van der Waals surface area contributed by atoms with Crippen LogP contribution in [0.25, 0.3) is 0 Å². The summed E-state index contributed by atoms with van der Waals surface area (Å²) < 4.78 is 27.2. The van der Waals surface area contributed by atoms with Crippen molar-refractivity contribution in [2.24, 2.45) is 0 Å². The van der Waals surface area contributed by atoms with Gasteiger partial charge in [-0.15, -0.1) is 0 Å². The first-order chi connectivity index (χ1) is 16.9. The molecule has 4 rings (SSSR count). The van der Waals surface area contributed by atoms with Crippen LogP contribution in [0.2, 0.25) is 0 Å². The Balaban J connectivity index is 1.36. The van der Waals surface area contributed by atoms with Crippen LogP contribution in [0.3, 0.4) is 0 Å². The average Bonchev–Trinajstić information content (AvgIpc) is 3.67. The third kappa shape index (κ3) is 6.52. The summed E-state index contributed by atoms with van der Waals surface area (Å²) in [6, 6.07) is 16.7. The maximum absolute atomic E-state index is 13.0. The number of anilines is 2. The van der Waals surface area contributed by atoms with Crippen molar-refractivity contribution in [3.63, 3.8) is 0 Å². The normalized spacial score (nSPS) is 13.3. The predicted molar refractivity (Wildman–Crippen MR) is 135 cm³/mol. The van der Waals surface area contributed by atoms with Gasteiger partial charge < -0.3 is 10.2 Å². The second-order valence-corrected chi connectivity index (χ2v) is 10.2. The summed E-state index contributed by atoms with van der Waals surface area (Å²) in [5, 5.41) is 2.82. The highest BCUT2D eigenvalue weighted by molar-refractivity contribution is 7.89. The van der Waals surface area contributed by atoms with Gasteiger partial charge in [0.05, 0.1) is 23.2 Å². The first kappa shape index (κ1) is 24.6. The van der Waals surface area contributed by atoms with Crippen molar-refractivity contribution in [1.82, 2.24) is 9.71 Å². The van der Waals surface area contributed by atoms with E-state index in [1.165, 1.54) is 12.1 Å². The van der Waals surface area contributed by atoms with Crippen molar-refractivity contribution < 1.29 is 18.0 Å². The van der Waals surface area contributed by atoms with Gasteiger partial charge in [0.15, 0.2) is 0 Å². The number of sulfonamides is 1. The first-order valence-corrected chi connectivity index (χ1v) is 13.1. The van der Waals surface area contributed by atoms with E-state index in [0.717, 1.165) is 24.9 Å². The molecule has 0 aliphatic heterocycles. The lowest BCUT2D eigenvalue weighted by Gasteiger charge is -2.22. The van der Waals surface area contributed by atoms with Gasteiger partial charge in [-0.1, -0.05) is 19.1 Å². The van der Waals surface area contributed by atoms with E-state index in [0.29, 0.717) is 23.4 Å². The molecule has 0 radical (unpaired) electrons. The Morgan fingerprint density at radius 1 is 1.03 bits per heavy atom. The molecular formula is C26H28N4O4S. The quantitative estimate of drug-likeness (QED) is 0.448. The topological polar surface area (TPSA) is 108 Å². The molecule has 0 unspecified atom stereocenters. The van der Waals surface area contributed by atoms with Crippen LogP contribution in [0.15, 0.2) is 78.0 Å². The highest BCUT2D eigenvalue weighted by Crippen LogP contribution is 2.22. The van der Waals surface area contributed by atoms with E-state index >= 15 is 0 Å². The Labute approximate surface area is 205 Å². The molecule has 0 saturated heterocycles. The molecule has 1 heterocycles. The third-order valence-electron chi connectivity index (χ3n) is 5.56. The molecule has 1 fully saturated rings. The zero-order valence-electron chi connectivity index (χ0n) is 19.5. The predicted octanol–water partition coefficient (Wildman–Crippen LogP) is 3.76. The lowest BCUT2D eigenvalue weighted by atomic mass is 10.1. The van der Waals surface area contributed by atoms with Crippen LogP contribution in [-0.2, 0) is 21.2 Å². The van der Waals surface area contributed by atoms with Gasteiger partial charge >= 0.3 is 0 Å². The zero-order valence-corrected chi connectivity index (χ0v) is 20.3. The fourth-order valence-electron chi connectivity index (χ4n) is 3.60. The SMILES string of the molecule is CCCN(C(=O)c1ccc(NC(=O)Cc2ccc(S(=O)(=O)NC3CC3)cc2)cc1)c1cccnc1. The summed E-state index contributed by atoms with van der Waals surface area (Å²) in [5.41, 5.74) is 2.52. The van der Waals surface area contributed by atoms with Crippen molar-refractivity contribution in [3.8, 4) is 0 Å². The van der Waals surface area contributed by atoms with Crippen molar-refractivity contribution in [2.75, 3.05) is 16.8 Å². The largest absolute Gasteiger partial charge is 0.326 e. The van der Waals surface area contributed by atoms with Gasteiger partial charge in [0.25, 0.3) is 5.91 Å². The standard InChI is InChI=1S/C26H28N4O4S/c1-2-16-30(23-4-3-15-27-18-23)26(32)20-7-9-21(10-8-20)28-25(31)17-19-5-13-24(14-6-19)35(33,34)29-22-11-12-22/h3-10,13-15,18,22,29H,2,11-12,16-17H2,1H3,(H,28,31). The van der Waals surface area contributed by atoms with Crippen molar-refractivity contribution in [1.29, 1.82) is 0 Å². The Hall–Kier alpha value is -3.56. The van der Waals surface area contributed by atoms with Crippen LogP contribution >= 0.6 is 0 Å². The Bertz CT molecular complexity index is 1270. The molecular weight excluding hydrogens is 464 g/mol. The van der Waals surface area contributed by atoms with Crippen LogP contribution in [0, 0.1) is 0 Å². The molecule has 1 aliphatic rings. The molecule has 182 valence electrons. The van der Waals surface area contributed by atoms with E-state index in [4.69, 9.17) is 0 Å². The number of hydrogen-bond donors (Lipinski definition) is 2. The van der Waals surface area contributed by atoms with Crippen LogP contribution in [0.4, 0.5) is 11.4 Å². The van der Waals surface area contributed by atoms with E-state index in [1.807, 2.05) is 13.0 Å². The molecule has 0 atom stereocenters. The fraction of sp³-hybridized carbons (Fsp3) is 0.269. The summed E-state index contributed by atoms with van der Waals surface area (Å²) >= 11 is 0. The first-order valence-electron chi connectivity index (χ1n) is 11.6. The minimum absolute atomic E-state index is 0.0391. The number of benzene rings is 2. The minimum atomic E-state index is -3.51. The van der Waals surface area contributed by atoms with Gasteiger partial charge in [-0.25, -0.2) is 13.1 Å². The minimum Gasteiger partial charge on any atom is -0.326 e. The van der Waals surface area contributed by atoms with Crippen molar-refractivity contribution >= 4 is 33.2 Å². The number of amides is 2. The lowest BCUT2D eigenvalue weighted by Crippen LogP contribution is -2.31. The number of pyridine rings is 1. The molecule has 0 spiro atoms. The lowest BCUT2D eigenvalue weighted by molar-refractivity contribution is -0.115. The molecule has 2 aromatic carbocycles. The molecule has 9 heteroatoms. The summed E-state index contributed by atoms with van der Waals surface area (Å²) in [6.07, 6.45) is 5.97. The molecule has 3 aromatic rings. The van der Waals surface area contributed by atoms with E-state index < -0.39 is 10.0 Å². The van der Waals surface area contributed by atoms with Gasteiger partial charge in [0.2, 0.25) is 15.9 Å². The van der Waals surface area contributed by atoms with Crippen molar-refractivity contribution in [2.45, 2.75) is 43.5 Å². The number of nitrogens with one attached hydrogen (secondary N) is 2. The number of carbonyl (C=O) groups is 2. The van der Waals surface area contributed by atoms with Gasteiger partial charge in [-0.2, -0.15) is 0 Å². The molecule has 0 bridgehead atoms. The number of aromatic nitrogens is 1. The van der Waals surface area contributed by atoms with Gasteiger partial charge in [-0.3, -0.25) is 14.6 Å². The third-order valence-corrected chi connectivity index (χ3v) is 7.10. The molecule has 1 aliphatic carbocycles. The number of hydrogen-bond acceptors (Lipinski definition) is 5. The van der Waals surface area contributed by atoms with Crippen LogP contribution < -0.4 is 14.9 Å². The summed E-state index contributed by atoms with van der Waals surface area (Å²) in [5.74, 6) is -0.372. The summed E-state index contributed by atoms with van der Waals surface area (Å²) in [4.78, 5) is 31.5. The molecule has 1 aromatic heterocycles. The monoisotopic (exact) mass is 492 g/mol. The van der Waals surface area contributed by atoms with Crippen LogP contribution in [0.1, 0.15) is 42.1 Å². The average molecular weight is 493 g/mol. The van der Waals surface area contributed by atoms with Gasteiger partial charge in [0, 0.05) is 30.0 Å². The van der Waals surface area contributed by atoms with E-state index in [-0.39, 0.29) is 29.2 Å². The van der Waals surface area contributed by atoms with E-state index in [2.05, 4.69) is 15.0 Å². The smallest absolute Gasteiger partial charge is 0.258 e. The summed E-state index contributed by atoms with van der Waals surface area (Å²) in [7, 11) is -3.51. The maximum atomic E-state index is 13.0. The molecule has 2 N–H and O–H groups in total. The Kier molecular flexibility index (Phi) is 7.57. The van der Waals surface area contributed by atoms with Gasteiger partial charge in [0.1, 0.15) is 0 Å². The highest BCUT2D eigenvalue weighted by Gasteiger charge is 2.27. The van der Waals surface area contributed by atoms with E-state index in [1.54, 1.807) is 59.8 Å². The zero-order chi connectivity index (χ0) is 24.8. The molecule has 1 saturated carbocycles. The maximum Gasteiger partial charge on any atom is 0.258 e. The molecule has 35 heavy (non-hydrogen) atoms. The second kappa shape index (κ2) is 10.8. The van der Waals surface area contributed by atoms with Gasteiger partial charge in [-0.05, 0) is 73.4 Å². The van der Waals surface area contributed by atoms with Crippen molar-refractivity contribution in [3.05, 3.63) is 84.2 Å². The number of nitrogens with zero attached hydrogens (tertiary/aromatic N) is 2. The number of rotatable bonds is 10. The molecule has 2 amide bonds. The highest BCUT2D eigenvalue weighted by atomic mass is 32.2. The fourth-order valence-corrected chi connectivity index (χ4v) is 4.91. The second-order valence-electron chi connectivity index (χ2n) is 8.51. The Morgan fingerprint density at radius 3 is 2.34 bits per heavy atom. The van der Waals surface area contributed by atoms with Crippen LogP contribution in [-0.4, -0.2) is 37.8 Å². The van der Waals surface area contributed by atoms with E-state index in [9.17, 15) is 18.0 Å². The van der Waals surface area contributed by atoms with Crippen LogP contribution in [0.5, 0.6) is 0 Å². The molecule has 8 nitrogen and oxygen atoms in total. The summed E-state index contributed by atoms with van der Waals surface area (Å²) in [6.45, 7) is 2.58.